The SMILES string of the molecule is CC(C)(C)OC(=O)NC1CCN(CC(=O)NCCC[C@@H](NC(=O)OCC2c3ccccc3-c3ccccc32)C(=O)O)CC1. The standard InChI is InChI=1S/C32H42N4O7/c1-32(2,3)43-31(41)34-21-14-17-36(18-15-21)19-28(37)33-16-8-13-27(29(38)39)35-30(40)42-20-26-24-11-6-4-9-22(24)23-10-5-7-12-25(23)26/h4-7,9-12,21,26-27H,8,13-20H2,1-3H3,(H,33,37)(H,34,41)(H,35,40)(H,38,39)/t27-/m1/s1. The van der Waals surface area contributed by atoms with Gasteiger partial charge in [-0.05, 0) is 68.7 Å². The summed E-state index contributed by atoms with van der Waals surface area (Å²) >= 11 is 0. The number of piperidine rings is 1. The molecule has 0 spiro atoms. The molecule has 1 aliphatic carbocycles. The Morgan fingerprint density at radius 3 is 2.14 bits per heavy atom. The highest BCUT2D eigenvalue weighted by atomic mass is 16.6. The number of rotatable bonds is 11. The zero-order chi connectivity index (χ0) is 31.0. The van der Waals surface area contributed by atoms with Gasteiger partial charge in [0.25, 0.3) is 0 Å². The van der Waals surface area contributed by atoms with Gasteiger partial charge in [-0.15, -0.1) is 0 Å². The molecule has 1 fully saturated rings. The number of ether oxygens (including phenoxy) is 2. The number of carbonyl (C=O) groups excluding carboxylic acids is 3. The molecule has 2 aliphatic rings. The number of nitrogens with one attached hydrogen (secondary N) is 3. The summed E-state index contributed by atoms with van der Waals surface area (Å²) in [5.41, 5.74) is 3.81. The van der Waals surface area contributed by atoms with E-state index in [9.17, 15) is 24.3 Å². The number of fused-ring (bicyclic) bond motifs is 3. The van der Waals surface area contributed by atoms with Gasteiger partial charge in [0.05, 0.1) is 6.54 Å². The van der Waals surface area contributed by atoms with Crippen LogP contribution in [-0.4, -0.2) is 84.5 Å². The van der Waals surface area contributed by atoms with Crippen molar-refractivity contribution in [2.45, 2.75) is 70.1 Å². The van der Waals surface area contributed by atoms with E-state index in [2.05, 4.69) is 16.0 Å². The molecule has 0 radical (unpaired) electrons. The van der Waals surface area contributed by atoms with Crippen LogP contribution in [0.2, 0.25) is 0 Å². The lowest BCUT2D eigenvalue weighted by Gasteiger charge is -2.32. The minimum absolute atomic E-state index is 0.00564. The Morgan fingerprint density at radius 2 is 1.56 bits per heavy atom. The van der Waals surface area contributed by atoms with Crippen molar-refractivity contribution < 1.29 is 33.8 Å². The molecule has 1 aliphatic heterocycles. The monoisotopic (exact) mass is 594 g/mol. The maximum atomic E-state index is 12.5. The number of hydrogen-bond acceptors (Lipinski definition) is 7. The smallest absolute Gasteiger partial charge is 0.407 e. The molecule has 2 aromatic rings. The van der Waals surface area contributed by atoms with Gasteiger partial charge >= 0.3 is 18.2 Å². The van der Waals surface area contributed by atoms with Crippen molar-refractivity contribution in [1.82, 2.24) is 20.9 Å². The lowest BCUT2D eigenvalue weighted by molar-refractivity contribution is -0.139. The van der Waals surface area contributed by atoms with Gasteiger partial charge in [-0.2, -0.15) is 0 Å². The van der Waals surface area contributed by atoms with Gasteiger partial charge < -0.3 is 30.5 Å². The first-order valence-corrected chi connectivity index (χ1v) is 14.8. The zero-order valence-corrected chi connectivity index (χ0v) is 25.1. The van der Waals surface area contributed by atoms with E-state index in [1.165, 1.54) is 0 Å². The summed E-state index contributed by atoms with van der Waals surface area (Å²) in [7, 11) is 0. The van der Waals surface area contributed by atoms with Crippen LogP contribution in [0.15, 0.2) is 48.5 Å². The topological polar surface area (TPSA) is 146 Å². The Morgan fingerprint density at radius 1 is 0.953 bits per heavy atom. The van der Waals surface area contributed by atoms with E-state index in [4.69, 9.17) is 9.47 Å². The molecule has 0 unspecified atom stereocenters. The molecule has 232 valence electrons. The van der Waals surface area contributed by atoms with Gasteiger partial charge in [0.2, 0.25) is 5.91 Å². The van der Waals surface area contributed by atoms with Crippen LogP contribution >= 0.6 is 0 Å². The Balaban J connectivity index is 1.13. The van der Waals surface area contributed by atoms with Crippen LogP contribution in [0.3, 0.4) is 0 Å². The molecule has 4 N–H and O–H groups in total. The normalized spacial score (nSPS) is 16.0. The van der Waals surface area contributed by atoms with Crippen molar-refractivity contribution in [2.75, 3.05) is 32.8 Å². The fraction of sp³-hybridized carbons (Fsp3) is 0.500. The fourth-order valence-corrected chi connectivity index (χ4v) is 5.54. The average molecular weight is 595 g/mol. The first-order valence-electron chi connectivity index (χ1n) is 14.8. The second-order valence-electron chi connectivity index (χ2n) is 12.0. The summed E-state index contributed by atoms with van der Waals surface area (Å²) in [4.78, 5) is 50.7. The van der Waals surface area contributed by atoms with Crippen LogP contribution in [0.4, 0.5) is 9.59 Å². The van der Waals surface area contributed by atoms with Crippen LogP contribution in [0.25, 0.3) is 11.1 Å². The Kier molecular flexibility index (Phi) is 10.6. The molecule has 1 atom stereocenters. The summed E-state index contributed by atoms with van der Waals surface area (Å²) in [6.07, 6.45) is 0.720. The first-order chi connectivity index (χ1) is 20.5. The van der Waals surface area contributed by atoms with Gasteiger partial charge in [0.15, 0.2) is 0 Å². The van der Waals surface area contributed by atoms with Crippen molar-refractivity contribution in [2.24, 2.45) is 0 Å². The lowest BCUT2D eigenvalue weighted by atomic mass is 9.98. The van der Waals surface area contributed by atoms with E-state index in [-0.39, 0.29) is 44.0 Å². The van der Waals surface area contributed by atoms with Gasteiger partial charge in [-0.1, -0.05) is 48.5 Å². The molecule has 2 aromatic carbocycles. The maximum absolute atomic E-state index is 12.5. The third kappa shape index (κ3) is 9.18. The van der Waals surface area contributed by atoms with E-state index in [0.29, 0.717) is 32.4 Å². The number of alkyl carbamates (subject to hydrolysis) is 2. The quantitative estimate of drug-likeness (QED) is 0.287. The summed E-state index contributed by atoms with van der Waals surface area (Å²) in [5, 5.41) is 17.8. The van der Waals surface area contributed by atoms with Crippen molar-refractivity contribution in [1.29, 1.82) is 0 Å². The number of hydrogen-bond donors (Lipinski definition) is 4. The molecule has 4 rings (SSSR count). The third-order valence-corrected chi connectivity index (χ3v) is 7.60. The van der Waals surface area contributed by atoms with E-state index < -0.39 is 29.8 Å². The van der Waals surface area contributed by atoms with Gasteiger partial charge in [0, 0.05) is 31.6 Å². The van der Waals surface area contributed by atoms with Crippen molar-refractivity contribution in [3.05, 3.63) is 59.7 Å². The largest absolute Gasteiger partial charge is 0.480 e. The number of likely N-dealkylation sites (tertiary alicyclic amines) is 1. The van der Waals surface area contributed by atoms with Gasteiger partial charge in [-0.25, -0.2) is 14.4 Å². The molecule has 0 aromatic heterocycles. The number of aliphatic carboxylic acids is 1. The highest BCUT2D eigenvalue weighted by Crippen LogP contribution is 2.44. The number of nitrogens with zero attached hydrogens (tertiary/aromatic N) is 1. The predicted molar refractivity (Wildman–Crippen MR) is 161 cm³/mol. The molecule has 1 heterocycles. The molecule has 0 bridgehead atoms. The zero-order valence-electron chi connectivity index (χ0n) is 25.1. The van der Waals surface area contributed by atoms with Crippen LogP contribution in [-0.2, 0) is 19.1 Å². The molecule has 0 saturated carbocycles. The highest BCUT2D eigenvalue weighted by Gasteiger charge is 2.30. The second kappa shape index (κ2) is 14.4. The van der Waals surface area contributed by atoms with E-state index in [0.717, 1.165) is 22.3 Å². The third-order valence-electron chi connectivity index (χ3n) is 7.60. The summed E-state index contributed by atoms with van der Waals surface area (Å²) < 4.78 is 10.8. The number of amides is 3. The molecule has 11 nitrogen and oxygen atoms in total. The second-order valence-corrected chi connectivity index (χ2v) is 12.0. The minimum Gasteiger partial charge on any atom is -0.480 e. The molecular formula is C32H42N4O7. The molecular weight excluding hydrogens is 552 g/mol. The van der Waals surface area contributed by atoms with Gasteiger partial charge in [-0.3, -0.25) is 9.69 Å². The number of carboxylic acids is 1. The Hall–Kier alpha value is -4.12. The summed E-state index contributed by atoms with van der Waals surface area (Å²) in [6, 6.07) is 14.8. The maximum Gasteiger partial charge on any atom is 0.407 e. The van der Waals surface area contributed by atoms with E-state index in [1.807, 2.05) is 74.2 Å². The molecule has 1 saturated heterocycles. The Bertz CT molecular complexity index is 1260. The average Bonchev–Trinajstić information content (AvgIpc) is 3.27. The fourth-order valence-electron chi connectivity index (χ4n) is 5.54. The Labute approximate surface area is 252 Å². The molecule has 3 amide bonds. The highest BCUT2D eigenvalue weighted by molar-refractivity contribution is 5.81. The minimum atomic E-state index is -1.16. The predicted octanol–water partition coefficient (Wildman–Crippen LogP) is 3.86. The summed E-state index contributed by atoms with van der Waals surface area (Å²) in [6.45, 7) is 7.38. The molecule has 11 heteroatoms. The summed E-state index contributed by atoms with van der Waals surface area (Å²) in [5.74, 6) is -1.44. The van der Waals surface area contributed by atoms with Crippen molar-refractivity contribution in [3.8, 4) is 11.1 Å². The van der Waals surface area contributed by atoms with Crippen LogP contribution in [0.1, 0.15) is 63.5 Å². The van der Waals surface area contributed by atoms with Crippen molar-refractivity contribution >= 4 is 24.1 Å². The number of carboxylic acid groups (broad SMARTS) is 1. The van der Waals surface area contributed by atoms with Crippen LogP contribution in [0, 0.1) is 0 Å². The van der Waals surface area contributed by atoms with Crippen molar-refractivity contribution in [3.63, 3.8) is 0 Å². The number of carbonyl (C=O) groups is 4. The first kappa shape index (κ1) is 31.8. The van der Waals surface area contributed by atoms with E-state index in [1.54, 1.807) is 0 Å². The van der Waals surface area contributed by atoms with Gasteiger partial charge in [0.1, 0.15) is 18.2 Å². The van der Waals surface area contributed by atoms with Crippen LogP contribution in [0.5, 0.6) is 0 Å². The van der Waals surface area contributed by atoms with E-state index >= 15 is 0 Å². The van der Waals surface area contributed by atoms with Crippen LogP contribution < -0.4 is 16.0 Å². The molecule has 43 heavy (non-hydrogen) atoms. The lowest BCUT2D eigenvalue weighted by Crippen LogP contribution is -2.48. The number of benzene rings is 2.